The van der Waals surface area contributed by atoms with Gasteiger partial charge < -0.3 is 9.72 Å². The number of ether oxygens (including phenoxy) is 1. The van der Waals surface area contributed by atoms with Crippen LogP contribution in [0.4, 0.5) is 0 Å². The number of esters is 1. The fourth-order valence-electron chi connectivity index (χ4n) is 1.18. The minimum Gasteiger partial charge on any atom is -0.468 e. The number of carbonyl (C=O) groups is 1. The standard InChI is InChI=1S/C9H15N3O4S/c1-4-7-10-5-8(11-7)17(14,15)12-6(2)9(13)16-3/h5-6,12H,4H2,1-3H3,(H,10,11)/t6-/m0/s1. The number of imidazole rings is 1. The van der Waals surface area contributed by atoms with E-state index in [9.17, 15) is 13.2 Å². The van der Waals surface area contributed by atoms with Crippen molar-refractivity contribution < 1.29 is 17.9 Å². The van der Waals surface area contributed by atoms with E-state index >= 15 is 0 Å². The molecule has 2 N–H and O–H groups in total. The first-order chi connectivity index (χ1) is 7.90. The number of carbonyl (C=O) groups excluding carboxylic acids is 1. The SMILES string of the molecule is CCc1ncc(S(=O)(=O)N[C@@H](C)C(=O)OC)[nH]1. The van der Waals surface area contributed by atoms with Gasteiger partial charge in [0.05, 0.1) is 13.3 Å². The molecule has 0 aliphatic rings. The number of nitrogens with one attached hydrogen (secondary N) is 2. The zero-order valence-corrected chi connectivity index (χ0v) is 10.7. The van der Waals surface area contributed by atoms with Gasteiger partial charge >= 0.3 is 5.97 Å². The molecule has 0 saturated carbocycles. The molecular formula is C9H15N3O4S. The molecule has 1 aromatic rings. The number of rotatable bonds is 5. The van der Waals surface area contributed by atoms with Gasteiger partial charge in [0.1, 0.15) is 11.9 Å². The first-order valence-electron chi connectivity index (χ1n) is 5.04. The summed E-state index contributed by atoms with van der Waals surface area (Å²) >= 11 is 0. The van der Waals surface area contributed by atoms with Crippen LogP contribution in [0.25, 0.3) is 0 Å². The Kier molecular flexibility index (Phi) is 4.24. The number of nitrogens with zero attached hydrogens (tertiary/aromatic N) is 1. The number of aryl methyl sites for hydroxylation is 1. The summed E-state index contributed by atoms with van der Waals surface area (Å²) in [5, 5.41) is -0.0647. The molecule has 0 saturated heterocycles. The highest BCUT2D eigenvalue weighted by Gasteiger charge is 2.23. The second-order valence-electron chi connectivity index (χ2n) is 3.41. The van der Waals surface area contributed by atoms with Crippen molar-refractivity contribution in [2.75, 3.05) is 7.11 Å². The van der Waals surface area contributed by atoms with E-state index in [-0.39, 0.29) is 5.03 Å². The first kappa shape index (κ1) is 13.7. The van der Waals surface area contributed by atoms with E-state index in [0.29, 0.717) is 12.2 Å². The molecule has 0 spiro atoms. The van der Waals surface area contributed by atoms with Crippen LogP contribution in [0.2, 0.25) is 0 Å². The number of aromatic nitrogens is 2. The van der Waals surface area contributed by atoms with Gasteiger partial charge in [-0.2, -0.15) is 4.72 Å². The lowest BCUT2D eigenvalue weighted by Crippen LogP contribution is -2.39. The van der Waals surface area contributed by atoms with Gasteiger partial charge in [0.25, 0.3) is 10.0 Å². The number of H-pyrrole nitrogens is 1. The Morgan fingerprint density at radius 2 is 2.29 bits per heavy atom. The zero-order chi connectivity index (χ0) is 13.1. The molecule has 1 atom stereocenters. The molecule has 17 heavy (non-hydrogen) atoms. The van der Waals surface area contributed by atoms with Crippen LogP contribution < -0.4 is 4.72 Å². The second-order valence-corrected chi connectivity index (χ2v) is 5.10. The molecule has 1 rings (SSSR count). The minimum absolute atomic E-state index is 0.0647. The van der Waals surface area contributed by atoms with Crippen molar-refractivity contribution in [1.82, 2.24) is 14.7 Å². The van der Waals surface area contributed by atoms with Gasteiger partial charge in [-0.15, -0.1) is 0 Å². The van der Waals surface area contributed by atoms with Crippen LogP contribution in [0.15, 0.2) is 11.2 Å². The predicted octanol–water partition coefficient (Wildman–Crippen LogP) is -0.188. The molecule has 1 aromatic heterocycles. The summed E-state index contributed by atoms with van der Waals surface area (Å²) in [6.45, 7) is 3.25. The number of sulfonamides is 1. The van der Waals surface area contributed by atoms with Crippen molar-refractivity contribution in [3.63, 3.8) is 0 Å². The van der Waals surface area contributed by atoms with Gasteiger partial charge in [-0.25, -0.2) is 13.4 Å². The molecule has 0 unspecified atom stereocenters. The molecule has 0 bridgehead atoms. The smallest absolute Gasteiger partial charge is 0.323 e. The van der Waals surface area contributed by atoms with Crippen LogP contribution in [0.3, 0.4) is 0 Å². The number of aromatic amines is 1. The lowest BCUT2D eigenvalue weighted by atomic mass is 10.4. The Morgan fingerprint density at radius 3 is 2.76 bits per heavy atom. The molecular weight excluding hydrogens is 246 g/mol. The van der Waals surface area contributed by atoms with Crippen LogP contribution >= 0.6 is 0 Å². The topological polar surface area (TPSA) is 101 Å². The van der Waals surface area contributed by atoms with Gasteiger partial charge in [0.15, 0.2) is 5.03 Å². The van der Waals surface area contributed by atoms with Crippen LogP contribution in [-0.2, 0) is 26.0 Å². The Hall–Kier alpha value is -1.41. The van der Waals surface area contributed by atoms with Gasteiger partial charge in [-0.1, -0.05) is 6.92 Å². The van der Waals surface area contributed by atoms with E-state index in [1.165, 1.54) is 20.2 Å². The Labute approximate surface area is 99.6 Å². The van der Waals surface area contributed by atoms with E-state index in [1.807, 2.05) is 6.92 Å². The lowest BCUT2D eigenvalue weighted by Gasteiger charge is -2.10. The average molecular weight is 261 g/mol. The van der Waals surface area contributed by atoms with E-state index in [1.54, 1.807) is 0 Å². The molecule has 0 aromatic carbocycles. The summed E-state index contributed by atoms with van der Waals surface area (Å²) in [5.41, 5.74) is 0. The van der Waals surface area contributed by atoms with Crippen LogP contribution in [0.1, 0.15) is 19.7 Å². The molecule has 1 heterocycles. The van der Waals surface area contributed by atoms with Gasteiger partial charge in [-0.05, 0) is 6.92 Å². The van der Waals surface area contributed by atoms with Crippen LogP contribution in [0.5, 0.6) is 0 Å². The van der Waals surface area contributed by atoms with Crippen molar-refractivity contribution in [1.29, 1.82) is 0 Å². The van der Waals surface area contributed by atoms with Crippen molar-refractivity contribution in [2.24, 2.45) is 0 Å². The first-order valence-corrected chi connectivity index (χ1v) is 6.53. The quantitative estimate of drug-likeness (QED) is 0.715. The van der Waals surface area contributed by atoms with Crippen LogP contribution in [-0.4, -0.2) is 37.5 Å². The summed E-state index contributed by atoms with van der Waals surface area (Å²) in [4.78, 5) is 17.6. The van der Waals surface area contributed by atoms with Crippen molar-refractivity contribution >= 4 is 16.0 Å². The lowest BCUT2D eigenvalue weighted by molar-refractivity contribution is -0.142. The third-order valence-electron chi connectivity index (χ3n) is 2.12. The van der Waals surface area contributed by atoms with E-state index in [4.69, 9.17) is 0 Å². The molecule has 0 aliphatic carbocycles. The zero-order valence-electron chi connectivity index (χ0n) is 9.85. The maximum Gasteiger partial charge on any atom is 0.323 e. The molecule has 0 radical (unpaired) electrons. The third-order valence-corrected chi connectivity index (χ3v) is 3.57. The minimum atomic E-state index is -3.77. The monoisotopic (exact) mass is 261 g/mol. The normalized spacial score (nSPS) is 13.4. The number of methoxy groups -OCH3 is 1. The fourth-order valence-corrected chi connectivity index (χ4v) is 2.31. The maximum absolute atomic E-state index is 11.8. The van der Waals surface area contributed by atoms with E-state index in [2.05, 4.69) is 19.4 Å². The van der Waals surface area contributed by atoms with Crippen molar-refractivity contribution in [3.05, 3.63) is 12.0 Å². The molecule has 7 nitrogen and oxygen atoms in total. The molecule has 0 aliphatic heterocycles. The number of hydrogen-bond donors (Lipinski definition) is 2. The summed E-state index contributed by atoms with van der Waals surface area (Å²) in [5.74, 6) is -0.0834. The Bertz CT molecular complexity index is 494. The second kappa shape index (κ2) is 5.28. The number of hydrogen-bond acceptors (Lipinski definition) is 5. The van der Waals surface area contributed by atoms with Crippen molar-refractivity contribution in [3.8, 4) is 0 Å². The average Bonchev–Trinajstić information content (AvgIpc) is 2.76. The van der Waals surface area contributed by atoms with Crippen molar-refractivity contribution in [2.45, 2.75) is 31.3 Å². The molecule has 0 fully saturated rings. The Morgan fingerprint density at radius 1 is 1.65 bits per heavy atom. The Balaban J connectivity index is 2.85. The van der Waals surface area contributed by atoms with E-state index in [0.717, 1.165) is 0 Å². The highest BCUT2D eigenvalue weighted by Crippen LogP contribution is 2.07. The summed E-state index contributed by atoms with van der Waals surface area (Å²) in [7, 11) is -2.58. The summed E-state index contributed by atoms with van der Waals surface area (Å²) in [6, 6.07) is -0.946. The summed E-state index contributed by atoms with van der Waals surface area (Å²) < 4.78 is 30.2. The van der Waals surface area contributed by atoms with Gasteiger partial charge in [0.2, 0.25) is 0 Å². The molecule has 8 heteroatoms. The molecule has 96 valence electrons. The molecule has 0 amide bonds. The van der Waals surface area contributed by atoms with Gasteiger partial charge in [-0.3, -0.25) is 4.79 Å². The van der Waals surface area contributed by atoms with E-state index < -0.39 is 22.0 Å². The highest BCUT2D eigenvalue weighted by molar-refractivity contribution is 7.89. The highest BCUT2D eigenvalue weighted by atomic mass is 32.2. The third kappa shape index (κ3) is 3.27. The summed E-state index contributed by atoms with van der Waals surface area (Å²) in [6.07, 6.45) is 1.81. The predicted molar refractivity (Wildman–Crippen MR) is 59.8 cm³/mol. The largest absolute Gasteiger partial charge is 0.468 e. The fraction of sp³-hybridized carbons (Fsp3) is 0.556. The van der Waals surface area contributed by atoms with Gasteiger partial charge in [0, 0.05) is 6.42 Å². The van der Waals surface area contributed by atoms with Crippen LogP contribution in [0, 0.1) is 0 Å². The maximum atomic E-state index is 11.8.